The summed E-state index contributed by atoms with van der Waals surface area (Å²) in [6.45, 7) is -0.0882. The third-order valence-corrected chi connectivity index (χ3v) is 6.60. The molecule has 5 nitrogen and oxygen atoms in total. The number of carbonyl (C=O) groups is 1. The minimum absolute atomic E-state index is 0.0882. The van der Waals surface area contributed by atoms with Gasteiger partial charge in [0.05, 0.1) is 17.0 Å². The minimum Gasteiger partial charge on any atom is -0.452 e. The van der Waals surface area contributed by atoms with Crippen LogP contribution in [0.5, 0.6) is 0 Å². The molecule has 4 rings (SSSR count). The standard InChI is InChI=1S/C27H23NO4S/c29-27(24-18-16-22(17-19-24)21-10-4-1-5-11-21)32-26(23-12-6-2-7-13-23)20-28-33(30,31)25-14-8-3-9-15-25/h1-19,26,28H,20H2/t26-/m1/s1. The molecule has 4 aromatic rings. The van der Waals surface area contributed by atoms with Crippen LogP contribution < -0.4 is 4.72 Å². The van der Waals surface area contributed by atoms with Crippen molar-refractivity contribution in [3.63, 3.8) is 0 Å². The molecular weight excluding hydrogens is 434 g/mol. The number of benzene rings is 4. The van der Waals surface area contributed by atoms with Gasteiger partial charge in [0.1, 0.15) is 6.10 Å². The Labute approximate surface area is 193 Å². The third-order valence-electron chi connectivity index (χ3n) is 5.16. The predicted octanol–water partition coefficient (Wildman–Crippen LogP) is 5.23. The molecular formula is C27H23NO4S. The maximum atomic E-state index is 12.9. The number of sulfonamides is 1. The summed E-state index contributed by atoms with van der Waals surface area (Å²) in [5.41, 5.74) is 3.13. The number of esters is 1. The summed E-state index contributed by atoms with van der Waals surface area (Å²) in [4.78, 5) is 13.0. The maximum absolute atomic E-state index is 12.9. The predicted molar refractivity (Wildman–Crippen MR) is 128 cm³/mol. The lowest BCUT2D eigenvalue weighted by molar-refractivity contribution is 0.0308. The lowest BCUT2D eigenvalue weighted by Crippen LogP contribution is -2.30. The zero-order valence-corrected chi connectivity index (χ0v) is 18.6. The molecule has 0 unspecified atom stereocenters. The van der Waals surface area contributed by atoms with Gasteiger partial charge in [0.2, 0.25) is 10.0 Å². The molecule has 0 heterocycles. The van der Waals surface area contributed by atoms with Gasteiger partial charge in [-0.05, 0) is 41.0 Å². The van der Waals surface area contributed by atoms with E-state index >= 15 is 0 Å². The van der Waals surface area contributed by atoms with Crippen molar-refractivity contribution in [2.24, 2.45) is 0 Å². The molecule has 0 aliphatic carbocycles. The van der Waals surface area contributed by atoms with Crippen LogP contribution in [0.25, 0.3) is 11.1 Å². The lowest BCUT2D eigenvalue weighted by atomic mass is 10.0. The number of nitrogens with one attached hydrogen (secondary N) is 1. The van der Waals surface area contributed by atoms with Crippen molar-refractivity contribution in [1.82, 2.24) is 4.72 Å². The first-order valence-corrected chi connectivity index (χ1v) is 12.0. The average molecular weight is 458 g/mol. The molecule has 4 aromatic carbocycles. The van der Waals surface area contributed by atoms with E-state index in [1.807, 2.05) is 60.7 Å². The highest BCUT2D eigenvalue weighted by atomic mass is 32.2. The molecule has 166 valence electrons. The van der Waals surface area contributed by atoms with Crippen molar-refractivity contribution in [3.05, 3.63) is 126 Å². The number of hydrogen-bond acceptors (Lipinski definition) is 4. The van der Waals surface area contributed by atoms with Crippen molar-refractivity contribution in [3.8, 4) is 11.1 Å². The molecule has 6 heteroatoms. The maximum Gasteiger partial charge on any atom is 0.338 e. The second-order valence-electron chi connectivity index (χ2n) is 7.41. The van der Waals surface area contributed by atoms with Crippen molar-refractivity contribution in [2.45, 2.75) is 11.0 Å². The number of hydrogen-bond donors (Lipinski definition) is 1. The van der Waals surface area contributed by atoms with E-state index in [9.17, 15) is 13.2 Å². The Morgan fingerprint density at radius 3 is 1.82 bits per heavy atom. The van der Waals surface area contributed by atoms with Crippen LogP contribution in [-0.2, 0) is 14.8 Å². The van der Waals surface area contributed by atoms with Crippen LogP contribution in [0.4, 0.5) is 0 Å². The van der Waals surface area contributed by atoms with Gasteiger partial charge in [-0.15, -0.1) is 0 Å². The molecule has 0 bridgehead atoms. The molecule has 33 heavy (non-hydrogen) atoms. The zero-order chi connectivity index (χ0) is 23.1. The van der Waals surface area contributed by atoms with Crippen LogP contribution in [0.15, 0.2) is 120 Å². The second-order valence-corrected chi connectivity index (χ2v) is 9.18. The Hall–Kier alpha value is -3.74. The first kappa shape index (κ1) is 22.5. The molecule has 0 saturated heterocycles. The van der Waals surface area contributed by atoms with Crippen LogP contribution in [0.3, 0.4) is 0 Å². The van der Waals surface area contributed by atoms with Crippen molar-refractivity contribution < 1.29 is 17.9 Å². The Morgan fingerprint density at radius 1 is 0.697 bits per heavy atom. The van der Waals surface area contributed by atoms with Gasteiger partial charge in [-0.3, -0.25) is 0 Å². The molecule has 0 spiro atoms. The summed E-state index contributed by atoms with van der Waals surface area (Å²) in [5.74, 6) is -0.526. The lowest BCUT2D eigenvalue weighted by Gasteiger charge is -2.19. The highest BCUT2D eigenvalue weighted by Crippen LogP contribution is 2.22. The van der Waals surface area contributed by atoms with Gasteiger partial charge in [0, 0.05) is 0 Å². The van der Waals surface area contributed by atoms with E-state index in [1.54, 1.807) is 42.5 Å². The van der Waals surface area contributed by atoms with Crippen molar-refractivity contribution >= 4 is 16.0 Å². The Bertz CT molecular complexity index is 1290. The largest absolute Gasteiger partial charge is 0.452 e. The Balaban J connectivity index is 1.50. The van der Waals surface area contributed by atoms with Gasteiger partial charge in [-0.1, -0.05) is 91.0 Å². The zero-order valence-electron chi connectivity index (χ0n) is 17.8. The molecule has 0 amide bonds. The van der Waals surface area contributed by atoms with E-state index in [0.717, 1.165) is 11.1 Å². The van der Waals surface area contributed by atoms with Crippen LogP contribution in [0.1, 0.15) is 22.0 Å². The van der Waals surface area contributed by atoms with E-state index < -0.39 is 22.1 Å². The van der Waals surface area contributed by atoms with E-state index in [4.69, 9.17) is 4.74 Å². The van der Waals surface area contributed by atoms with E-state index in [0.29, 0.717) is 11.1 Å². The van der Waals surface area contributed by atoms with Gasteiger partial charge < -0.3 is 4.74 Å². The molecule has 0 aromatic heterocycles. The van der Waals surface area contributed by atoms with E-state index in [1.165, 1.54) is 12.1 Å². The van der Waals surface area contributed by atoms with Gasteiger partial charge in [0.15, 0.2) is 0 Å². The first-order chi connectivity index (χ1) is 16.0. The summed E-state index contributed by atoms with van der Waals surface area (Å²) in [5, 5.41) is 0. The summed E-state index contributed by atoms with van der Waals surface area (Å²) in [6, 6.07) is 34.2. The number of carbonyl (C=O) groups excluding carboxylic acids is 1. The Kier molecular flexibility index (Phi) is 6.98. The van der Waals surface area contributed by atoms with Crippen LogP contribution in [-0.4, -0.2) is 20.9 Å². The van der Waals surface area contributed by atoms with Crippen LogP contribution >= 0.6 is 0 Å². The molecule has 1 N–H and O–H groups in total. The molecule has 0 fully saturated rings. The summed E-state index contributed by atoms with van der Waals surface area (Å²) in [7, 11) is -3.74. The monoisotopic (exact) mass is 457 g/mol. The molecule has 0 saturated carbocycles. The molecule has 0 radical (unpaired) electrons. The summed E-state index contributed by atoms with van der Waals surface area (Å²) >= 11 is 0. The SMILES string of the molecule is O=C(O[C@H](CNS(=O)(=O)c1ccccc1)c1ccccc1)c1ccc(-c2ccccc2)cc1. The molecule has 0 aliphatic rings. The molecule has 1 atom stereocenters. The smallest absolute Gasteiger partial charge is 0.338 e. The highest BCUT2D eigenvalue weighted by Gasteiger charge is 2.22. The van der Waals surface area contributed by atoms with Crippen LogP contribution in [0.2, 0.25) is 0 Å². The fraction of sp³-hybridized carbons (Fsp3) is 0.0741. The van der Waals surface area contributed by atoms with Crippen molar-refractivity contribution in [2.75, 3.05) is 6.54 Å². The second kappa shape index (κ2) is 10.3. The van der Waals surface area contributed by atoms with Gasteiger partial charge in [0.25, 0.3) is 0 Å². The van der Waals surface area contributed by atoms with Gasteiger partial charge in [-0.2, -0.15) is 0 Å². The summed E-state index contributed by atoms with van der Waals surface area (Å²) < 4.78 is 33.6. The minimum atomic E-state index is -3.74. The summed E-state index contributed by atoms with van der Waals surface area (Å²) in [6.07, 6.45) is -0.786. The van der Waals surface area contributed by atoms with Crippen molar-refractivity contribution in [1.29, 1.82) is 0 Å². The average Bonchev–Trinajstić information content (AvgIpc) is 2.88. The fourth-order valence-corrected chi connectivity index (χ4v) is 4.44. The van der Waals surface area contributed by atoms with E-state index in [-0.39, 0.29) is 11.4 Å². The fourth-order valence-electron chi connectivity index (χ4n) is 3.39. The number of ether oxygens (including phenoxy) is 1. The topological polar surface area (TPSA) is 72.5 Å². The third kappa shape index (κ3) is 5.74. The molecule has 0 aliphatic heterocycles. The number of rotatable bonds is 8. The first-order valence-electron chi connectivity index (χ1n) is 10.5. The van der Waals surface area contributed by atoms with Gasteiger partial charge in [-0.25, -0.2) is 17.9 Å². The normalized spacial score (nSPS) is 12.1. The highest BCUT2D eigenvalue weighted by molar-refractivity contribution is 7.89. The van der Waals surface area contributed by atoms with Crippen LogP contribution in [0, 0.1) is 0 Å². The quantitative estimate of drug-likeness (QED) is 0.368. The van der Waals surface area contributed by atoms with Gasteiger partial charge >= 0.3 is 5.97 Å². The Morgan fingerprint density at radius 2 is 1.21 bits per heavy atom. The van der Waals surface area contributed by atoms with E-state index in [2.05, 4.69) is 4.72 Å².